The molecule has 26 heavy (non-hydrogen) atoms. The first-order chi connectivity index (χ1) is 12.6. The monoisotopic (exact) mass is 372 g/mol. The van der Waals surface area contributed by atoms with Gasteiger partial charge in [0.05, 0.1) is 13.0 Å². The van der Waals surface area contributed by atoms with Crippen LogP contribution in [0.4, 0.5) is 5.69 Å². The van der Waals surface area contributed by atoms with Crippen molar-refractivity contribution < 1.29 is 9.53 Å². The molecule has 0 unspecified atom stereocenters. The predicted molar refractivity (Wildman–Crippen MR) is 106 cm³/mol. The van der Waals surface area contributed by atoms with Gasteiger partial charge in [0.25, 0.3) is 0 Å². The minimum atomic E-state index is 0.0206. The highest BCUT2D eigenvalue weighted by Gasteiger charge is 2.28. The average Bonchev–Trinajstić information content (AvgIpc) is 2.69. The number of benzene rings is 2. The van der Waals surface area contributed by atoms with Crippen LogP contribution in [-0.2, 0) is 11.3 Å². The molecule has 0 saturated carbocycles. The van der Waals surface area contributed by atoms with Gasteiger partial charge in [0.2, 0.25) is 5.91 Å². The lowest BCUT2D eigenvalue weighted by atomic mass is 9.96. The molecule has 0 N–H and O–H groups in total. The van der Waals surface area contributed by atoms with E-state index >= 15 is 0 Å². The molecule has 0 spiro atoms. The second-order valence-electron chi connectivity index (χ2n) is 6.80. The second kappa shape index (κ2) is 8.56. The van der Waals surface area contributed by atoms with Gasteiger partial charge in [0, 0.05) is 36.9 Å². The zero-order valence-electron chi connectivity index (χ0n) is 15.3. The fourth-order valence-corrected chi connectivity index (χ4v) is 3.59. The fraction of sp³-hybridized carbons (Fsp3) is 0.381. The van der Waals surface area contributed by atoms with E-state index in [1.165, 1.54) is 5.56 Å². The molecule has 0 aliphatic carbocycles. The molecule has 1 amide bonds. The Balaban J connectivity index is 1.64. The van der Waals surface area contributed by atoms with Crippen molar-refractivity contribution in [3.05, 3.63) is 59.1 Å². The van der Waals surface area contributed by atoms with E-state index in [1.807, 2.05) is 43.4 Å². The highest BCUT2D eigenvalue weighted by atomic mass is 35.5. The van der Waals surface area contributed by atoms with E-state index in [-0.39, 0.29) is 11.8 Å². The van der Waals surface area contributed by atoms with Crippen molar-refractivity contribution in [2.45, 2.75) is 19.4 Å². The predicted octanol–water partition coefficient (Wildman–Crippen LogP) is 4.22. The highest BCUT2D eigenvalue weighted by Crippen LogP contribution is 2.25. The Morgan fingerprint density at radius 2 is 2.04 bits per heavy atom. The van der Waals surface area contributed by atoms with Crippen LogP contribution < -0.4 is 9.64 Å². The number of anilines is 1. The molecule has 3 rings (SSSR count). The number of carbonyl (C=O) groups is 1. The SMILES string of the molecule is COc1cccc(N(C)C(=O)[C@H]2CCCN(Cc3ccc(Cl)cc3)C2)c1. The molecule has 1 fully saturated rings. The summed E-state index contributed by atoms with van der Waals surface area (Å²) in [4.78, 5) is 17.1. The number of piperidine rings is 1. The molecular weight excluding hydrogens is 348 g/mol. The Morgan fingerprint density at radius 3 is 2.77 bits per heavy atom. The first-order valence-electron chi connectivity index (χ1n) is 8.95. The summed E-state index contributed by atoms with van der Waals surface area (Å²) in [6, 6.07) is 15.6. The maximum atomic E-state index is 13.0. The summed E-state index contributed by atoms with van der Waals surface area (Å²) < 4.78 is 5.27. The highest BCUT2D eigenvalue weighted by molar-refractivity contribution is 6.30. The van der Waals surface area contributed by atoms with Crippen LogP contribution in [0.1, 0.15) is 18.4 Å². The van der Waals surface area contributed by atoms with Crippen LogP contribution in [0.25, 0.3) is 0 Å². The van der Waals surface area contributed by atoms with Gasteiger partial charge in [-0.2, -0.15) is 0 Å². The van der Waals surface area contributed by atoms with Gasteiger partial charge in [0.1, 0.15) is 5.75 Å². The van der Waals surface area contributed by atoms with E-state index in [4.69, 9.17) is 16.3 Å². The molecule has 5 heteroatoms. The maximum absolute atomic E-state index is 13.0. The zero-order valence-corrected chi connectivity index (χ0v) is 16.1. The fourth-order valence-electron chi connectivity index (χ4n) is 3.47. The lowest BCUT2D eigenvalue weighted by molar-refractivity contribution is -0.123. The molecule has 138 valence electrons. The van der Waals surface area contributed by atoms with Crippen molar-refractivity contribution in [3.63, 3.8) is 0 Å². The standard InChI is InChI=1S/C21H25ClN2O2/c1-23(19-6-3-7-20(13-19)26-2)21(25)17-5-4-12-24(15-17)14-16-8-10-18(22)11-9-16/h3,6-11,13,17H,4-5,12,14-15H2,1-2H3/t17-/m0/s1. The van der Waals surface area contributed by atoms with Gasteiger partial charge in [-0.05, 0) is 49.2 Å². The minimum Gasteiger partial charge on any atom is -0.497 e. The van der Waals surface area contributed by atoms with E-state index in [0.717, 1.165) is 48.9 Å². The number of ether oxygens (including phenoxy) is 1. The Morgan fingerprint density at radius 1 is 1.27 bits per heavy atom. The molecule has 2 aromatic carbocycles. The van der Waals surface area contributed by atoms with Crippen LogP contribution in [0.15, 0.2) is 48.5 Å². The molecule has 0 radical (unpaired) electrons. The number of rotatable bonds is 5. The number of carbonyl (C=O) groups excluding carboxylic acids is 1. The topological polar surface area (TPSA) is 32.8 Å². The van der Waals surface area contributed by atoms with Gasteiger partial charge >= 0.3 is 0 Å². The number of nitrogens with zero attached hydrogens (tertiary/aromatic N) is 2. The van der Waals surface area contributed by atoms with Crippen LogP contribution in [0.2, 0.25) is 5.02 Å². The van der Waals surface area contributed by atoms with Crippen molar-refractivity contribution in [2.75, 3.05) is 32.1 Å². The van der Waals surface area contributed by atoms with Crippen LogP contribution in [-0.4, -0.2) is 38.1 Å². The van der Waals surface area contributed by atoms with Crippen LogP contribution in [0, 0.1) is 5.92 Å². The Labute approximate surface area is 160 Å². The summed E-state index contributed by atoms with van der Waals surface area (Å²) in [5.41, 5.74) is 2.09. The quantitative estimate of drug-likeness (QED) is 0.787. The summed E-state index contributed by atoms with van der Waals surface area (Å²) in [5.74, 6) is 0.946. The van der Waals surface area contributed by atoms with E-state index in [9.17, 15) is 4.79 Å². The molecule has 0 bridgehead atoms. The van der Waals surface area contributed by atoms with Crippen molar-refractivity contribution >= 4 is 23.2 Å². The first-order valence-corrected chi connectivity index (χ1v) is 9.33. The van der Waals surface area contributed by atoms with Crippen LogP contribution in [0.3, 0.4) is 0 Å². The van der Waals surface area contributed by atoms with Crippen molar-refractivity contribution in [2.24, 2.45) is 5.92 Å². The van der Waals surface area contributed by atoms with Gasteiger partial charge < -0.3 is 9.64 Å². The smallest absolute Gasteiger partial charge is 0.231 e. The number of hydrogen-bond donors (Lipinski definition) is 0. The average molecular weight is 373 g/mol. The summed E-state index contributed by atoms with van der Waals surface area (Å²) in [6.07, 6.45) is 1.97. The minimum absolute atomic E-state index is 0.0206. The molecule has 2 aromatic rings. The van der Waals surface area contributed by atoms with E-state index in [1.54, 1.807) is 12.0 Å². The van der Waals surface area contributed by atoms with Crippen molar-refractivity contribution in [1.82, 2.24) is 4.90 Å². The summed E-state index contributed by atoms with van der Waals surface area (Å²) >= 11 is 5.96. The lowest BCUT2D eigenvalue weighted by Crippen LogP contribution is -2.43. The van der Waals surface area contributed by atoms with Gasteiger partial charge in [0.15, 0.2) is 0 Å². The normalized spacial score (nSPS) is 17.7. The van der Waals surface area contributed by atoms with Gasteiger partial charge in [-0.25, -0.2) is 0 Å². The Hall–Kier alpha value is -2.04. The third-order valence-electron chi connectivity index (χ3n) is 4.95. The van der Waals surface area contributed by atoms with Gasteiger partial charge in [-0.15, -0.1) is 0 Å². The zero-order chi connectivity index (χ0) is 18.5. The Bertz CT molecular complexity index is 748. The lowest BCUT2D eigenvalue weighted by Gasteiger charge is -2.34. The van der Waals surface area contributed by atoms with E-state index < -0.39 is 0 Å². The number of likely N-dealkylation sites (tertiary alicyclic amines) is 1. The molecule has 1 aliphatic heterocycles. The van der Waals surface area contributed by atoms with Crippen LogP contribution >= 0.6 is 11.6 Å². The third kappa shape index (κ3) is 4.57. The van der Waals surface area contributed by atoms with Crippen LogP contribution in [0.5, 0.6) is 5.75 Å². The molecule has 1 atom stereocenters. The largest absolute Gasteiger partial charge is 0.497 e. The number of amides is 1. The Kier molecular flexibility index (Phi) is 6.17. The maximum Gasteiger partial charge on any atom is 0.231 e. The first kappa shape index (κ1) is 18.7. The molecule has 4 nitrogen and oxygen atoms in total. The molecule has 1 saturated heterocycles. The van der Waals surface area contributed by atoms with Crippen molar-refractivity contribution in [3.8, 4) is 5.75 Å². The molecule has 1 aliphatic rings. The van der Waals surface area contributed by atoms with Gasteiger partial charge in [-0.3, -0.25) is 9.69 Å². The van der Waals surface area contributed by atoms with E-state index in [0.29, 0.717) is 0 Å². The third-order valence-corrected chi connectivity index (χ3v) is 5.20. The number of halogens is 1. The molecular formula is C21H25ClN2O2. The van der Waals surface area contributed by atoms with Gasteiger partial charge in [-0.1, -0.05) is 29.8 Å². The summed E-state index contributed by atoms with van der Waals surface area (Å²) in [5, 5.41) is 0.750. The number of methoxy groups -OCH3 is 1. The van der Waals surface area contributed by atoms with E-state index in [2.05, 4.69) is 17.0 Å². The summed E-state index contributed by atoms with van der Waals surface area (Å²) in [7, 11) is 3.48. The summed E-state index contributed by atoms with van der Waals surface area (Å²) in [6.45, 7) is 2.66. The molecule has 1 heterocycles. The number of hydrogen-bond acceptors (Lipinski definition) is 3. The van der Waals surface area contributed by atoms with Crippen molar-refractivity contribution in [1.29, 1.82) is 0 Å². The second-order valence-corrected chi connectivity index (χ2v) is 7.24. The molecule has 0 aromatic heterocycles.